The van der Waals surface area contributed by atoms with E-state index in [1.165, 1.54) is 0 Å². The first-order valence-electron chi connectivity index (χ1n) is 7.12. The minimum atomic E-state index is -0.0874. The number of benzene rings is 2. The van der Waals surface area contributed by atoms with Gasteiger partial charge in [-0.05, 0) is 36.2 Å². The maximum absolute atomic E-state index is 11.6. The number of amides is 1. The Morgan fingerprint density at radius 3 is 2.64 bits per heavy atom. The number of hydrogen-bond acceptors (Lipinski definition) is 2. The van der Waals surface area contributed by atoms with E-state index in [-0.39, 0.29) is 5.91 Å². The molecule has 0 atom stereocenters. The molecule has 0 aromatic heterocycles. The molecule has 0 unspecified atom stereocenters. The Hall–Kier alpha value is -2.82. The highest BCUT2D eigenvalue weighted by atomic mass is 16.1. The molecule has 22 heavy (non-hydrogen) atoms. The first kappa shape index (κ1) is 15.6. The fourth-order valence-electron chi connectivity index (χ4n) is 2.03. The number of nitrogens with two attached hydrogens (primary N) is 1. The summed E-state index contributed by atoms with van der Waals surface area (Å²) in [5, 5.41) is 5.64. The van der Waals surface area contributed by atoms with Crippen LogP contribution in [0.25, 0.3) is 0 Å². The lowest BCUT2D eigenvalue weighted by atomic mass is 10.1. The van der Waals surface area contributed by atoms with Crippen LogP contribution in [0, 0.1) is 0 Å². The molecule has 0 saturated heterocycles. The van der Waals surface area contributed by atoms with Gasteiger partial charge in [0.15, 0.2) is 5.96 Å². The first-order chi connectivity index (χ1) is 10.7. The molecule has 2 rings (SSSR count). The Kier molecular flexibility index (Phi) is 5.54. The predicted octanol–water partition coefficient (Wildman–Crippen LogP) is 2.02. The molecule has 1 amide bonds. The highest BCUT2D eigenvalue weighted by molar-refractivity contribution is 5.94. The summed E-state index contributed by atoms with van der Waals surface area (Å²) in [7, 11) is 1.62. The predicted molar refractivity (Wildman–Crippen MR) is 90.1 cm³/mol. The van der Waals surface area contributed by atoms with Crippen LogP contribution in [0.15, 0.2) is 59.6 Å². The van der Waals surface area contributed by atoms with Crippen molar-refractivity contribution in [3.05, 3.63) is 65.7 Å². The number of aliphatic imine (C=N–C) groups is 1. The Morgan fingerprint density at radius 1 is 1.14 bits per heavy atom. The molecule has 0 saturated carbocycles. The van der Waals surface area contributed by atoms with E-state index >= 15 is 0 Å². The molecule has 5 heteroatoms. The smallest absolute Gasteiger partial charge is 0.251 e. The number of rotatable bonds is 5. The molecule has 0 fully saturated rings. The van der Waals surface area contributed by atoms with Gasteiger partial charge in [-0.3, -0.25) is 9.79 Å². The SMILES string of the molecule is CNC(=O)c1cccc(CCN=C(N)Nc2ccccc2)c1. The quantitative estimate of drug-likeness (QED) is 0.583. The second-order valence-corrected chi connectivity index (χ2v) is 4.79. The lowest BCUT2D eigenvalue weighted by Crippen LogP contribution is -2.23. The van der Waals surface area contributed by atoms with Gasteiger partial charge in [0.2, 0.25) is 0 Å². The van der Waals surface area contributed by atoms with E-state index in [4.69, 9.17) is 5.73 Å². The monoisotopic (exact) mass is 296 g/mol. The van der Waals surface area contributed by atoms with E-state index < -0.39 is 0 Å². The number of guanidine groups is 1. The third-order valence-electron chi connectivity index (χ3n) is 3.15. The van der Waals surface area contributed by atoms with Crippen molar-refractivity contribution in [2.45, 2.75) is 6.42 Å². The molecule has 0 aliphatic carbocycles. The molecule has 0 radical (unpaired) electrons. The van der Waals surface area contributed by atoms with E-state index in [0.29, 0.717) is 18.1 Å². The number of para-hydroxylation sites is 1. The fourth-order valence-corrected chi connectivity index (χ4v) is 2.03. The van der Waals surface area contributed by atoms with Gasteiger partial charge in [0.25, 0.3) is 5.91 Å². The van der Waals surface area contributed by atoms with E-state index in [0.717, 1.165) is 17.7 Å². The molecule has 0 aliphatic rings. The maximum atomic E-state index is 11.6. The zero-order valence-electron chi connectivity index (χ0n) is 12.5. The topological polar surface area (TPSA) is 79.5 Å². The number of carbonyl (C=O) groups excluding carboxylic acids is 1. The van der Waals surface area contributed by atoms with Gasteiger partial charge in [-0.15, -0.1) is 0 Å². The van der Waals surface area contributed by atoms with Crippen LogP contribution in [-0.4, -0.2) is 25.5 Å². The van der Waals surface area contributed by atoms with Crippen molar-refractivity contribution in [1.82, 2.24) is 5.32 Å². The number of nitrogens with zero attached hydrogens (tertiary/aromatic N) is 1. The van der Waals surface area contributed by atoms with Gasteiger partial charge < -0.3 is 16.4 Å². The average Bonchev–Trinajstić information content (AvgIpc) is 2.55. The van der Waals surface area contributed by atoms with Crippen molar-refractivity contribution in [3.63, 3.8) is 0 Å². The first-order valence-corrected chi connectivity index (χ1v) is 7.12. The summed E-state index contributed by atoms with van der Waals surface area (Å²) in [4.78, 5) is 15.9. The molecule has 0 heterocycles. The second kappa shape index (κ2) is 7.83. The lowest BCUT2D eigenvalue weighted by molar-refractivity contribution is 0.0963. The second-order valence-electron chi connectivity index (χ2n) is 4.79. The minimum Gasteiger partial charge on any atom is -0.370 e. The van der Waals surface area contributed by atoms with Gasteiger partial charge in [-0.1, -0.05) is 30.3 Å². The highest BCUT2D eigenvalue weighted by Crippen LogP contribution is 2.07. The molecule has 2 aromatic rings. The zero-order chi connectivity index (χ0) is 15.8. The van der Waals surface area contributed by atoms with Gasteiger partial charge in [0, 0.05) is 24.8 Å². The zero-order valence-corrected chi connectivity index (χ0v) is 12.5. The van der Waals surface area contributed by atoms with Gasteiger partial charge in [0.05, 0.1) is 0 Å². The molecule has 2 aromatic carbocycles. The Labute approximate surface area is 130 Å². The Morgan fingerprint density at radius 2 is 1.91 bits per heavy atom. The molecule has 0 spiro atoms. The standard InChI is InChI=1S/C17H20N4O/c1-19-16(22)14-7-5-6-13(12-14)10-11-20-17(18)21-15-8-3-2-4-9-15/h2-9,12H,10-11H2,1H3,(H,19,22)(H3,18,20,21). The van der Waals surface area contributed by atoms with E-state index in [1.54, 1.807) is 13.1 Å². The number of nitrogens with one attached hydrogen (secondary N) is 2. The van der Waals surface area contributed by atoms with Crippen LogP contribution >= 0.6 is 0 Å². The van der Waals surface area contributed by atoms with Crippen LogP contribution in [0.1, 0.15) is 15.9 Å². The van der Waals surface area contributed by atoms with Gasteiger partial charge in [-0.2, -0.15) is 0 Å². The van der Waals surface area contributed by atoms with Crippen LogP contribution in [0.4, 0.5) is 5.69 Å². The van der Waals surface area contributed by atoms with Crippen molar-refractivity contribution < 1.29 is 4.79 Å². The molecule has 0 bridgehead atoms. The molecule has 114 valence electrons. The molecule has 4 N–H and O–H groups in total. The van der Waals surface area contributed by atoms with Crippen molar-refractivity contribution in [3.8, 4) is 0 Å². The summed E-state index contributed by atoms with van der Waals surface area (Å²) < 4.78 is 0. The fraction of sp³-hybridized carbons (Fsp3) is 0.176. The van der Waals surface area contributed by atoms with Crippen LogP contribution in [-0.2, 0) is 6.42 Å². The summed E-state index contributed by atoms with van der Waals surface area (Å²) in [6.45, 7) is 0.558. The average molecular weight is 296 g/mol. The van der Waals surface area contributed by atoms with Crippen LogP contribution < -0.4 is 16.4 Å². The van der Waals surface area contributed by atoms with Gasteiger partial charge in [0.1, 0.15) is 0 Å². The summed E-state index contributed by atoms with van der Waals surface area (Å²) in [6, 6.07) is 17.2. The minimum absolute atomic E-state index is 0.0874. The van der Waals surface area contributed by atoms with Crippen LogP contribution in [0.2, 0.25) is 0 Å². The number of carbonyl (C=O) groups is 1. The molecular weight excluding hydrogens is 276 g/mol. The van der Waals surface area contributed by atoms with Crippen molar-refractivity contribution in [2.75, 3.05) is 18.9 Å². The van der Waals surface area contributed by atoms with Crippen LogP contribution in [0.3, 0.4) is 0 Å². The van der Waals surface area contributed by atoms with Gasteiger partial charge >= 0.3 is 0 Å². The van der Waals surface area contributed by atoms with Crippen molar-refractivity contribution >= 4 is 17.6 Å². The third-order valence-corrected chi connectivity index (χ3v) is 3.15. The van der Waals surface area contributed by atoms with E-state index in [9.17, 15) is 4.79 Å². The third kappa shape index (κ3) is 4.63. The summed E-state index contributed by atoms with van der Waals surface area (Å²) in [5.41, 5.74) is 8.46. The number of hydrogen-bond donors (Lipinski definition) is 3. The largest absolute Gasteiger partial charge is 0.370 e. The molecular formula is C17H20N4O. The van der Waals surface area contributed by atoms with E-state index in [1.807, 2.05) is 48.5 Å². The van der Waals surface area contributed by atoms with Crippen LogP contribution in [0.5, 0.6) is 0 Å². The lowest BCUT2D eigenvalue weighted by Gasteiger charge is -2.06. The van der Waals surface area contributed by atoms with Gasteiger partial charge in [-0.25, -0.2) is 0 Å². The normalized spacial score (nSPS) is 11.0. The molecule has 0 aliphatic heterocycles. The van der Waals surface area contributed by atoms with Crippen molar-refractivity contribution in [2.24, 2.45) is 10.7 Å². The maximum Gasteiger partial charge on any atom is 0.251 e. The summed E-state index contributed by atoms with van der Waals surface area (Å²) in [6.07, 6.45) is 0.724. The Balaban J connectivity index is 1.90. The summed E-state index contributed by atoms with van der Waals surface area (Å²) >= 11 is 0. The summed E-state index contributed by atoms with van der Waals surface area (Å²) in [5.74, 6) is 0.296. The number of anilines is 1. The Bertz CT molecular complexity index is 653. The van der Waals surface area contributed by atoms with E-state index in [2.05, 4.69) is 15.6 Å². The molecule has 5 nitrogen and oxygen atoms in total. The van der Waals surface area contributed by atoms with Crippen molar-refractivity contribution in [1.29, 1.82) is 0 Å². The highest BCUT2D eigenvalue weighted by Gasteiger charge is 2.03.